The topological polar surface area (TPSA) is 59.1 Å². The van der Waals surface area contributed by atoms with Crippen molar-refractivity contribution in [3.8, 4) is 0 Å². The molecule has 1 heterocycles. The number of hydrogen-bond donors (Lipinski definition) is 1. The van der Waals surface area contributed by atoms with Gasteiger partial charge in [-0.05, 0) is 37.8 Å². The van der Waals surface area contributed by atoms with E-state index in [0.717, 1.165) is 12.8 Å². The summed E-state index contributed by atoms with van der Waals surface area (Å²) in [5, 5.41) is 0.364. The zero-order valence-corrected chi connectivity index (χ0v) is 10.5. The van der Waals surface area contributed by atoms with Gasteiger partial charge in [0.05, 0.1) is 17.1 Å². The smallest absolute Gasteiger partial charge is 0.233 e. The standard InChI is InChI=1S/C10H13ClN2O2S/c1-7-9(4-5-10(11)12-7)13-16(14,15)6-8-2-3-8/h4-5,8,13H,2-3,6H2,1H3. The second-order valence-electron chi connectivity index (χ2n) is 4.09. The number of anilines is 1. The van der Waals surface area contributed by atoms with Crippen LogP contribution in [0.3, 0.4) is 0 Å². The quantitative estimate of drug-likeness (QED) is 0.845. The van der Waals surface area contributed by atoms with Crippen LogP contribution < -0.4 is 4.72 Å². The highest BCUT2D eigenvalue weighted by molar-refractivity contribution is 7.92. The molecule has 1 aromatic rings. The van der Waals surface area contributed by atoms with E-state index in [2.05, 4.69) is 9.71 Å². The number of rotatable bonds is 4. The zero-order valence-electron chi connectivity index (χ0n) is 8.90. The van der Waals surface area contributed by atoms with E-state index < -0.39 is 10.0 Å². The predicted octanol–water partition coefficient (Wildman–Crippen LogP) is 2.20. The zero-order chi connectivity index (χ0) is 11.8. The fourth-order valence-corrected chi connectivity index (χ4v) is 3.22. The van der Waals surface area contributed by atoms with Gasteiger partial charge in [0, 0.05) is 0 Å². The van der Waals surface area contributed by atoms with Crippen molar-refractivity contribution in [2.24, 2.45) is 5.92 Å². The van der Waals surface area contributed by atoms with Gasteiger partial charge in [0.15, 0.2) is 0 Å². The molecule has 0 atom stereocenters. The van der Waals surface area contributed by atoms with Crippen molar-refractivity contribution in [1.29, 1.82) is 0 Å². The fraction of sp³-hybridized carbons (Fsp3) is 0.500. The molecule has 0 aliphatic heterocycles. The number of aromatic nitrogens is 1. The highest BCUT2D eigenvalue weighted by Gasteiger charge is 2.28. The van der Waals surface area contributed by atoms with Gasteiger partial charge in [-0.25, -0.2) is 13.4 Å². The van der Waals surface area contributed by atoms with Crippen LogP contribution in [0.2, 0.25) is 5.15 Å². The minimum Gasteiger partial charge on any atom is -0.282 e. The third-order valence-corrected chi connectivity index (χ3v) is 4.12. The predicted molar refractivity (Wildman–Crippen MR) is 64.1 cm³/mol. The van der Waals surface area contributed by atoms with Crippen molar-refractivity contribution in [1.82, 2.24) is 4.98 Å². The van der Waals surface area contributed by atoms with Gasteiger partial charge in [0.1, 0.15) is 5.15 Å². The summed E-state index contributed by atoms with van der Waals surface area (Å²) in [6.07, 6.45) is 2.03. The second-order valence-corrected chi connectivity index (χ2v) is 6.25. The number of halogens is 1. The molecule has 1 aromatic heterocycles. The minimum absolute atomic E-state index is 0.203. The molecule has 0 saturated heterocycles. The van der Waals surface area contributed by atoms with E-state index in [1.807, 2.05) is 0 Å². The molecule has 0 aromatic carbocycles. The van der Waals surface area contributed by atoms with Gasteiger partial charge in [-0.1, -0.05) is 11.6 Å². The van der Waals surface area contributed by atoms with Crippen LogP contribution in [0.1, 0.15) is 18.5 Å². The summed E-state index contributed by atoms with van der Waals surface area (Å²) in [4.78, 5) is 3.99. The Bertz CT molecular complexity index is 498. The number of hydrogen-bond acceptors (Lipinski definition) is 3. The van der Waals surface area contributed by atoms with E-state index >= 15 is 0 Å². The summed E-state index contributed by atoms with van der Waals surface area (Å²) in [6.45, 7) is 1.72. The van der Waals surface area contributed by atoms with Crippen LogP contribution in [0.4, 0.5) is 5.69 Å². The monoisotopic (exact) mass is 260 g/mol. The highest BCUT2D eigenvalue weighted by atomic mass is 35.5. The molecule has 0 bridgehead atoms. The van der Waals surface area contributed by atoms with Crippen LogP contribution in [-0.2, 0) is 10.0 Å². The van der Waals surface area contributed by atoms with Crippen LogP contribution >= 0.6 is 11.6 Å². The lowest BCUT2D eigenvalue weighted by atomic mass is 10.3. The number of pyridine rings is 1. The molecule has 1 N–H and O–H groups in total. The first kappa shape index (κ1) is 11.7. The van der Waals surface area contributed by atoms with Gasteiger partial charge in [0.2, 0.25) is 10.0 Å². The van der Waals surface area contributed by atoms with Crippen molar-refractivity contribution >= 4 is 27.3 Å². The maximum Gasteiger partial charge on any atom is 0.233 e. The Balaban J connectivity index is 2.13. The van der Waals surface area contributed by atoms with E-state index in [1.165, 1.54) is 0 Å². The Labute approximate surface area is 100 Å². The highest BCUT2D eigenvalue weighted by Crippen LogP contribution is 2.30. The maximum absolute atomic E-state index is 11.7. The summed E-state index contributed by atoms with van der Waals surface area (Å²) < 4.78 is 26.0. The maximum atomic E-state index is 11.7. The molecule has 1 fully saturated rings. The molecule has 0 amide bonds. The summed E-state index contributed by atoms with van der Waals surface area (Å²) in [5.74, 6) is 0.535. The van der Waals surface area contributed by atoms with E-state index in [1.54, 1.807) is 19.1 Å². The number of aryl methyl sites for hydroxylation is 1. The third-order valence-electron chi connectivity index (χ3n) is 2.47. The lowest BCUT2D eigenvalue weighted by Gasteiger charge is -2.09. The number of nitrogens with one attached hydrogen (secondary N) is 1. The molecule has 0 spiro atoms. The van der Waals surface area contributed by atoms with E-state index in [9.17, 15) is 8.42 Å². The lowest BCUT2D eigenvalue weighted by Crippen LogP contribution is -2.18. The van der Waals surface area contributed by atoms with Crippen molar-refractivity contribution in [2.45, 2.75) is 19.8 Å². The van der Waals surface area contributed by atoms with Gasteiger partial charge in [-0.3, -0.25) is 4.72 Å². The van der Waals surface area contributed by atoms with Gasteiger partial charge in [0.25, 0.3) is 0 Å². The minimum atomic E-state index is -3.24. The number of nitrogens with zero attached hydrogens (tertiary/aromatic N) is 1. The molecular formula is C10H13ClN2O2S. The number of sulfonamides is 1. The van der Waals surface area contributed by atoms with E-state index in [4.69, 9.17) is 11.6 Å². The van der Waals surface area contributed by atoms with Crippen LogP contribution in [0.25, 0.3) is 0 Å². The first-order chi connectivity index (χ1) is 7.46. The van der Waals surface area contributed by atoms with Crippen LogP contribution in [0, 0.1) is 12.8 Å². The first-order valence-corrected chi connectivity index (χ1v) is 7.13. The van der Waals surface area contributed by atoms with Gasteiger partial charge >= 0.3 is 0 Å². The van der Waals surface area contributed by atoms with Crippen LogP contribution in [0.5, 0.6) is 0 Å². The van der Waals surface area contributed by atoms with Crippen LogP contribution in [-0.4, -0.2) is 19.2 Å². The molecule has 0 unspecified atom stereocenters. The van der Waals surface area contributed by atoms with Crippen molar-refractivity contribution < 1.29 is 8.42 Å². The van der Waals surface area contributed by atoms with Gasteiger partial charge < -0.3 is 0 Å². The largest absolute Gasteiger partial charge is 0.282 e. The average molecular weight is 261 g/mol. The Kier molecular flexibility index (Phi) is 3.08. The van der Waals surface area contributed by atoms with E-state index in [0.29, 0.717) is 22.5 Å². The van der Waals surface area contributed by atoms with Crippen LogP contribution in [0.15, 0.2) is 12.1 Å². The Morgan fingerprint density at radius 3 is 2.75 bits per heavy atom. The summed E-state index contributed by atoms with van der Waals surface area (Å²) in [7, 11) is -3.24. The molecular weight excluding hydrogens is 248 g/mol. The first-order valence-electron chi connectivity index (χ1n) is 5.10. The molecule has 88 valence electrons. The summed E-state index contributed by atoms with van der Waals surface area (Å²) in [5.41, 5.74) is 1.09. The van der Waals surface area contributed by atoms with Gasteiger partial charge in [-0.2, -0.15) is 0 Å². The molecule has 16 heavy (non-hydrogen) atoms. The van der Waals surface area contributed by atoms with Crippen molar-refractivity contribution in [2.75, 3.05) is 10.5 Å². The molecule has 0 radical (unpaired) electrons. The molecule has 1 saturated carbocycles. The van der Waals surface area contributed by atoms with Crippen molar-refractivity contribution in [3.63, 3.8) is 0 Å². The second kappa shape index (κ2) is 4.22. The SMILES string of the molecule is Cc1nc(Cl)ccc1NS(=O)(=O)CC1CC1. The van der Waals surface area contributed by atoms with E-state index in [-0.39, 0.29) is 5.75 Å². The lowest BCUT2D eigenvalue weighted by molar-refractivity contribution is 0.597. The molecule has 1 aliphatic carbocycles. The van der Waals surface area contributed by atoms with Gasteiger partial charge in [-0.15, -0.1) is 0 Å². The molecule has 4 nitrogen and oxygen atoms in total. The summed E-state index contributed by atoms with van der Waals surface area (Å²) >= 11 is 5.69. The molecule has 1 aliphatic rings. The molecule has 6 heteroatoms. The fourth-order valence-electron chi connectivity index (χ4n) is 1.44. The Hall–Kier alpha value is -0.810. The average Bonchev–Trinajstić information content (AvgIpc) is 2.93. The Morgan fingerprint density at radius 1 is 1.50 bits per heavy atom. The normalized spacial score (nSPS) is 16.1. The third kappa shape index (κ3) is 3.09. The Morgan fingerprint density at radius 2 is 2.19 bits per heavy atom. The molecule has 2 rings (SSSR count). The summed E-state index contributed by atoms with van der Waals surface area (Å²) in [6, 6.07) is 3.21. The van der Waals surface area contributed by atoms with Crippen molar-refractivity contribution in [3.05, 3.63) is 23.0 Å².